The molecule has 3 nitrogen and oxygen atoms in total. The van der Waals surface area contributed by atoms with Crippen molar-refractivity contribution in [2.75, 3.05) is 7.11 Å². The summed E-state index contributed by atoms with van der Waals surface area (Å²) in [5.74, 6) is 0.560. The molecule has 4 heteroatoms. The number of phenols is 1. The maximum absolute atomic E-state index is 9.80. The number of halogens is 1. The van der Waals surface area contributed by atoms with Crippen LogP contribution in [-0.2, 0) is 6.42 Å². The molecule has 0 heterocycles. The molecule has 0 spiro atoms. The van der Waals surface area contributed by atoms with Gasteiger partial charge in [-0.15, -0.1) is 0 Å². The molecule has 1 aromatic carbocycles. The number of ether oxygens (including phenoxy) is 1. The van der Waals surface area contributed by atoms with Crippen LogP contribution < -0.4 is 10.5 Å². The lowest BCUT2D eigenvalue weighted by Crippen LogP contribution is -2.15. The summed E-state index contributed by atoms with van der Waals surface area (Å²) in [5.41, 5.74) is 6.43. The lowest BCUT2D eigenvalue weighted by Gasteiger charge is -2.10. The minimum atomic E-state index is 0.106. The van der Waals surface area contributed by atoms with E-state index in [9.17, 15) is 5.11 Å². The molecule has 0 saturated carbocycles. The van der Waals surface area contributed by atoms with E-state index in [0.717, 1.165) is 12.0 Å². The third-order valence-electron chi connectivity index (χ3n) is 2.21. The van der Waals surface area contributed by atoms with Crippen molar-refractivity contribution >= 4 is 11.6 Å². The molecule has 15 heavy (non-hydrogen) atoms. The van der Waals surface area contributed by atoms with Gasteiger partial charge >= 0.3 is 0 Å². The smallest absolute Gasteiger partial charge is 0.162 e. The van der Waals surface area contributed by atoms with Gasteiger partial charge in [-0.2, -0.15) is 0 Å². The highest BCUT2D eigenvalue weighted by molar-refractivity contribution is 6.30. The van der Waals surface area contributed by atoms with Crippen LogP contribution >= 0.6 is 11.6 Å². The summed E-state index contributed by atoms with van der Waals surface area (Å²) in [4.78, 5) is 0. The van der Waals surface area contributed by atoms with Gasteiger partial charge in [0.1, 0.15) is 0 Å². The van der Waals surface area contributed by atoms with Crippen LogP contribution in [0.3, 0.4) is 0 Å². The summed E-state index contributed by atoms with van der Waals surface area (Å²) in [6, 6.07) is 3.43. The highest BCUT2D eigenvalue weighted by Gasteiger charge is 2.10. The maximum atomic E-state index is 9.80. The lowest BCUT2D eigenvalue weighted by molar-refractivity contribution is 0.370. The molecule has 0 aliphatic heterocycles. The van der Waals surface area contributed by atoms with E-state index in [1.54, 1.807) is 12.1 Å². The molecule has 0 unspecified atom stereocenters. The van der Waals surface area contributed by atoms with Crippen molar-refractivity contribution in [2.24, 2.45) is 5.73 Å². The molecule has 3 N–H and O–H groups in total. The van der Waals surface area contributed by atoms with Gasteiger partial charge in [0.25, 0.3) is 0 Å². The molecule has 0 aliphatic carbocycles. The Morgan fingerprint density at radius 1 is 1.53 bits per heavy atom. The second kappa shape index (κ2) is 5.24. The SMILES string of the molecule is COc1cc(Cl)cc(CC[C@@H](C)N)c1O. The topological polar surface area (TPSA) is 55.5 Å². The average molecular weight is 230 g/mol. The monoisotopic (exact) mass is 229 g/mol. The highest BCUT2D eigenvalue weighted by atomic mass is 35.5. The van der Waals surface area contributed by atoms with E-state index in [2.05, 4.69) is 0 Å². The summed E-state index contributed by atoms with van der Waals surface area (Å²) in [5, 5.41) is 10.4. The molecule has 0 bridgehead atoms. The second-order valence-corrected chi connectivity index (χ2v) is 4.07. The van der Waals surface area contributed by atoms with Gasteiger partial charge in [0, 0.05) is 17.1 Å². The van der Waals surface area contributed by atoms with E-state index in [1.807, 2.05) is 6.92 Å². The maximum Gasteiger partial charge on any atom is 0.162 e. The van der Waals surface area contributed by atoms with Crippen LogP contribution in [0.5, 0.6) is 11.5 Å². The molecule has 84 valence electrons. The minimum absolute atomic E-state index is 0.106. The summed E-state index contributed by atoms with van der Waals surface area (Å²) in [6.07, 6.45) is 1.50. The van der Waals surface area contributed by atoms with Gasteiger partial charge in [0.15, 0.2) is 11.5 Å². The standard InChI is InChI=1S/C11H16ClNO2/c1-7(13)3-4-8-5-9(12)6-10(15-2)11(8)14/h5-7,14H,3-4,13H2,1-2H3/t7-/m1/s1. The fraction of sp³-hybridized carbons (Fsp3) is 0.455. The van der Waals surface area contributed by atoms with Crippen LogP contribution in [0, 0.1) is 0 Å². The zero-order chi connectivity index (χ0) is 11.4. The van der Waals surface area contributed by atoms with Gasteiger partial charge in [-0.05, 0) is 31.4 Å². The molecule has 0 amide bonds. The number of benzene rings is 1. The largest absolute Gasteiger partial charge is 0.504 e. The Labute approximate surface area is 94.8 Å². The van der Waals surface area contributed by atoms with Gasteiger partial charge in [-0.25, -0.2) is 0 Å². The average Bonchev–Trinajstić information content (AvgIpc) is 2.18. The third kappa shape index (κ3) is 3.29. The van der Waals surface area contributed by atoms with Crippen molar-refractivity contribution in [3.63, 3.8) is 0 Å². The fourth-order valence-corrected chi connectivity index (χ4v) is 1.59. The first-order chi connectivity index (χ1) is 7.04. The number of nitrogens with two attached hydrogens (primary N) is 1. The lowest BCUT2D eigenvalue weighted by atomic mass is 10.1. The highest BCUT2D eigenvalue weighted by Crippen LogP contribution is 2.34. The third-order valence-corrected chi connectivity index (χ3v) is 2.43. The molecule has 0 aromatic heterocycles. The Morgan fingerprint density at radius 2 is 2.20 bits per heavy atom. The Hall–Kier alpha value is -0.930. The Kier molecular flexibility index (Phi) is 4.24. The number of phenolic OH excluding ortho intramolecular Hbond substituents is 1. The first-order valence-corrected chi connectivity index (χ1v) is 5.23. The van der Waals surface area contributed by atoms with Crippen molar-refractivity contribution in [1.82, 2.24) is 0 Å². The van der Waals surface area contributed by atoms with Crippen LogP contribution in [-0.4, -0.2) is 18.3 Å². The predicted octanol–water partition coefficient (Wildman–Crippen LogP) is 2.33. The molecule has 0 aliphatic rings. The second-order valence-electron chi connectivity index (χ2n) is 3.63. The van der Waals surface area contributed by atoms with Crippen LogP contribution in [0.1, 0.15) is 18.9 Å². The van der Waals surface area contributed by atoms with E-state index in [1.165, 1.54) is 7.11 Å². The zero-order valence-corrected chi connectivity index (χ0v) is 9.71. The Morgan fingerprint density at radius 3 is 2.73 bits per heavy atom. The number of rotatable bonds is 4. The van der Waals surface area contributed by atoms with E-state index >= 15 is 0 Å². The Balaban J connectivity index is 2.91. The normalized spacial score (nSPS) is 12.5. The summed E-state index contributed by atoms with van der Waals surface area (Å²) < 4.78 is 5.01. The molecule has 1 aromatic rings. The predicted molar refractivity (Wildman–Crippen MR) is 61.6 cm³/mol. The van der Waals surface area contributed by atoms with E-state index in [0.29, 0.717) is 17.2 Å². The molecule has 0 fully saturated rings. The van der Waals surface area contributed by atoms with E-state index in [-0.39, 0.29) is 11.8 Å². The van der Waals surface area contributed by atoms with Gasteiger partial charge in [-0.3, -0.25) is 0 Å². The van der Waals surface area contributed by atoms with Gasteiger partial charge in [0.05, 0.1) is 7.11 Å². The van der Waals surface area contributed by atoms with Crippen LogP contribution in [0.25, 0.3) is 0 Å². The number of hydrogen-bond acceptors (Lipinski definition) is 3. The Bertz CT molecular complexity index is 340. The molecule has 0 saturated heterocycles. The minimum Gasteiger partial charge on any atom is -0.504 e. The fourth-order valence-electron chi connectivity index (χ4n) is 1.36. The van der Waals surface area contributed by atoms with Crippen molar-refractivity contribution in [2.45, 2.75) is 25.8 Å². The quantitative estimate of drug-likeness (QED) is 0.833. The van der Waals surface area contributed by atoms with Gasteiger partial charge in [0.2, 0.25) is 0 Å². The number of hydrogen-bond donors (Lipinski definition) is 2. The van der Waals surface area contributed by atoms with E-state index in [4.69, 9.17) is 22.1 Å². The van der Waals surface area contributed by atoms with E-state index < -0.39 is 0 Å². The summed E-state index contributed by atoms with van der Waals surface area (Å²) in [6.45, 7) is 1.93. The molecular formula is C11H16ClNO2. The molecule has 1 atom stereocenters. The number of methoxy groups -OCH3 is 1. The summed E-state index contributed by atoms with van der Waals surface area (Å²) in [7, 11) is 1.50. The zero-order valence-electron chi connectivity index (χ0n) is 8.96. The van der Waals surface area contributed by atoms with Crippen LogP contribution in [0.2, 0.25) is 5.02 Å². The molecule has 1 rings (SSSR count). The van der Waals surface area contributed by atoms with Crippen LogP contribution in [0.15, 0.2) is 12.1 Å². The summed E-state index contributed by atoms with van der Waals surface area (Å²) >= 11 is 5.89. The van der Waals surface area contributed by atoms with Crippen molar-refractivity contribution in [3.05, 3.63) is 22.7 Å². The van der Waals surface area contributed by atoms with Crippen molar-refractivity contribution in [3.8, 4) is 11.5 Å². The van der Waals surface area contributed by atoms with Crippen molar-refractivity contribution in [1.29, 1.82) is 0 Å². The molecular weight excluding hydrogens is 214 g/mol. The first kappa shape index (κ1) is 12.1. The molecule has 0 radical (unpaired) electrons. The first-order valence-electron chi connectivity index (χ1n) is 4.85. The van der Waals surface area contributed by atoms with Gasteiger partial charge in [-0.1, -0.05) is 11.6 Å². The number of aromatic hydroxyl groups is 1. The van der Waals surface area contributed by atoms with Gasteiger partial charge < -0.3 is 15.6 Å². The number of aryl methyl sites for hydroxylation is 1. The van der Waals surface area contributed by atoms with Crippen LogP contribution in [0.4, 0.5) is 0 Å². The van der Waals surface area contributed by atoms with Crippen molar-refractivity contribution < 1.29 is 9.84 Å².